The second-order valence-electron chi connectivity index (χ2n) is 3.06. The summed E-state index contributed by atoms with van der Waals surface area (Å²) in [6.45, 7) is 3.32. The average molecular weight is 224 g/mol. The monoisotopic (exact) mass is 224 g/mol. The Labute approximate surface area is 84.5 Å². The summed E-state index contributed by atoms with van der Waals surface area (Å²) in [5, 5.41) is 0. The second kappa shape index (κ2) is 5.31. The van der Waals surface area contributed by atoms with Crippen LogP contribution in [0.2, 0.25) is 0 Å². The van der Waals surface area contributed by atoms with Crippen molar-refractivity contribution in [3.05, 3.63) is 0 Å². The van der Waals surface area contributed by atoms with Crippen molar-refractivity contribution in [2.45, 2.75) is 26.4 Å². The molecule has 0 N–H and O–H groups in total. The van der Waals surface area contributed by atoms with Crippen molar-refractivity contribution in [2.24, 2.45) is 5.92 Å². The Morgan fingerprint density at radius 1 is 1.43 bits per heavy atom. The highest BCUT2D eigenvalue weighted by molar-refractivity contribution is 7.86. The van der Waals surface area contributed by atoms with Crippen LogP contribution in [0.5, 0.6) is 0 Å². The van der Waals surface area contributed by atoms with Crippen molar-refractivity contribution in [3.63, 3.8) is 0 Å². The molecule has 0 saturated carbocycles. The van der Waals surface area contributed by atoms with Gasteiger partial charge in [-0.2, -0.15) is 8.42 Å². The molecule has 0 unspecified atom stereocenters. The van der Waals surface area contributed by atoms with E-state index >= 15 is 0 Å². The van der Waals surface area contributed by atoms with Crippen LogP contribution in [0.15, 0.2) is 0 Å². The highest BCUT2D eigenvalue weighted by Crippen LogP contribution is 2.14. The molecule has 2 atom stereocenters. The number of methoxy groups -OCH3 is 1. The van der Waals surface area contributed by atoms with Gasteiger partial charge >= 0.3 is 5.97 Å². The molecule has 0 rings (SSSR count). The fourth-order valence-electron chi connectivity index (χ4n) is 1.07. The lowest BCUT2D eigenvalue weighted by Crippen LogP contribution is -2.30. The minimum atomic E-state index is -3.53. The number of ether oxygens (including phenoxy) is 1. The van der Waals surface area contributed by atoms with Crippen LogP contribution < -0.4 is 0 Å². The quantitative estimate of drug-likeness (QED) is 0.504. The highest BCUT2D eigenvalue weighted by atomic mass is 32.2. The molecule has 0 amide bonds. The van der Waals surface area contributed by atoms with Gasteiger partial charge in [-0.15, -0.1) is 0 Å². The summed E-state index contributed by atoms with van der Waals surface area (Å²) in [4.78, 5) is 11.1. The Morgan fingerprint density at radius 3 is 2.21 bits per heavy atom. The van der Waals surface area contributed by atoms with E-state index in [9.17, 15) is 13.2 Å². The van der Waals surface area contributed by atoms with E-state index < -0.39 is 28.1 Å². The third-order valence-corrected chi connectivity index (χ3v) is 2.43. The lowest BCUT2D eigenvalue weighted by Gasteiger charge is -2.19. The molecule has 0 aromatic rings. The van der Waals surface area contributed by atoms with Crippen molar-refractivity contribution < 1.29 is 22.1 Å². The molecule has 0 aliphatic heterocycles. The smallest absolute Gasteiger partial charge is 0.311 e. The van der Waals surface area contributed by atoms with E-state index in [1.165, 1.54) is 7.11 Å². The minimum absolute atomic E-state index is 0.434. The molecule has 0 spiro atoms. The number of rotatable bonds is 5. The second-order valence-corrected chi connectivity index (χ2v) is 4.66. The van der Waals surface area contributed by atoms with Gasteiger partial charge in [0.2, 0.25) is 0 Å². The van der Waals surface area contributed by atoms with Crippen LogP contribution in [-0.2, 0) is 23.8 Å². The molecule has 84 valence electrons. The standard InChI is InChI=1S/C8H16O5S/c1-5-7(13-14(4,10)11)6(2)8(9)12-3/h6-7H,5H2,1-4H3/t6-,7-/m1/s1. The van der Waals surface area contributed by atoms with Gasteiger partial charge in [-0.3, -0.25) is 8.98 Å². The largest absolute Gasteiger partial charge is 0.469 e. The minimum Gasteiger partial charge on any atom is -0.469 e. The SMILES string of the molecule is CC[C@@H](OS(C)(=O)=O)[C@@H](C)C(=O)OC. The molecule has 0 aliphatic rings. The number of carbonyl (C=O) groups is 1. The zero-order chi connectivity index (χ0) is 11.4. The third kappa shape index (κ3) is 4.57. The fraction of sp³-hybridized carbons (Fsp3) is 0.875. The van der Waals surface area contributed by atoms with Gasteiger partial charge in [-0.1, -0.05) is 6.92 Å². The molecule has 5 nitrogen and oxygen atoms in total. The summed E-state index contributed by atoms with van der Waals surface area (Å²) in [7, 11) is -2.27. The summed E-state index contributed by atoms with van der Waals surface area (Å²) in [6.07, 6.45) is 0.737. The average Bonchev–Trinajstić information content (AvgIpc) is 2.10. The summed E-state index contributed by atoms with van der Waals surface area (Å²) in [5.74, 6) is -1.06. The maximum atomic E-state index is 11.1. The molecule has 0 fully saturated rings. The predicted molar refractivity (Wildman–Crippen MR) is 51.2 cm³/mol. The zero-order valence-corrected chi connectivity index (χ0v) is 9.63. The molecule has 0 saturated heterocycles. The van der Waals surface area contributed by atoms with Gasteiger partial charge in [0.05, 0.1) is 25.4 Å². The van der Waals surface area contributed by atoms with Crippen LogP contribution in [0.1, 0.15) is 20.3 Å². The molecule has 0 radical (unpaired) electrons. The molecule has 14 heavy (non-hydrogen) atoms. The van der Waals surface area contributed by atoms with Gasteiger partial charge < -0.3 is 4.74 Å². The van der Waals surface area contributed by atoms with E-state index in [4.69, 9.17) is 4.18 Å². The Balaban J connectivity index is 4.49. The summed E-state index contributed by atoms with van der Waals surface area (Å²) in [6, 6.07) is 0. The number of hydrogen-bond acceptors (Lipinski definition) is 5. The molecular formula is C8H16O5S. The molecule has 0 aliphatic carbocycles. The number of carbonyl (C=O) groups excluding carboxylic acids is 1. The Kier molecular flexibility index (Phi) is 5.07. The summed E-state index contributed by atoms with van der Waals surface area (Å²) >= 11 is 0. The van der Waals surface area contributed by atoms with Crippen molar-refractivity contribution >= 4 is 16.1 Å². The summed E-state index contributed by atoms with van der Waals surface area (Å²) in [5.41, 5.74) is 0. The van der Waals surface area contributed by atoms with Gasteiger partial charge in [0.15, 0.2) is 0 Å². The first kappa shape index (κ1) is 13.4. The third-order valence-electron chi connectivity index (χ3n) is 1.83. The van der Waals surface area contributed by atoms with Crippen LogP contribution in [0.4, 0.5) is 0 Å². The normalized spacial score (nSPS) is 16.0. The van der Waals surface area contributed by atoms with Gasteiger partial charge in [0.1, 0.15) is 0 Å². The van der Waals surface area contributed by atoms with Gasteiger partial charge in [0.25, 0.3) is 10.1 Å². The van der Waals surface area contributed by atoms with Crippen LogP contribution in [0, 0.1) is 5.92 Å². The van der Waals surface area contributed by atoms with E-state index in [1.54, 1.807) is 13.8 Å². The van der Waals surface area contributed by atoms with E-state index in [0.717, 1.165) is 6.26 Å². The van der Waals surface area contributed by atoms with Crippen LogP contribution in [0.25, 0.3) is 0 Å². The Morgan fingerprint density at radius 2 is 1.93 bits per heavy atom. The summed E-state index contributed by atoms with van der Waals surface area (Å²) < 4.78 is 30.9. The maximum Gasteiger partial charge on any atom is 0.311 e. The first-order chi connectivity index (χ1) is 6.31. The van der Waals surface area contributed by atoms with Crippen molar-refractivity contribution in [1.29, 1.82) is 0 Å². The molecule has 0 heterocycles. The van der Waals surface area contributed by atoms with E-state index in [1.807, 2.05) is 0 Å². The topological polar surface area (TPSA) is 69.7 Å². The molecule has 0 aromatic carbocycles. The predicted octanol–water partition coefficient (Wildman–Crippen LogP) is 0.550. The molecular weight excluding hydrogens is 208 g/mol. The molecule has 6 heteroatoms. The van der Waals surface area contributed by atoms with E-state index in [0.29, 0.717) is 6.42 Å². The first-order valence-corrected chi connectivity index (χ1v) is 6.09. The van der Waals surface area contributed by atoms with Crippen molar-refractivity contribution in [2.75, 3.05) is 13.4 Å². The van der Waals surface area contributed by atoms with Crippen LogP contribution in [-0.4, -0.2) is 33.9 Å². The van der Waals surface area contributed by atoms with E-state index in [2.05, 4.69) is 4.74 Å². The zero-order valence-electron chi connectivity index (χ0n) is 8.81. The fourth-order valence-corrected chi connectivity index (χ4v) is 1.82. The van der Waals surface area contributed by atoms with Gasteiger partial charge in [-0.05, 0) is 13.3 Å². The molecule has 0 bridgehead atoms. The van der Waals surface area contributed by atoms with Gasteiger partial charge in [0, 0.05) is 0 Å². The van der Waals surface area contributed by atoms with Crippen molar-refractivity contribution in [3.8, 4) is 0 Å². The van der Waals surface area contributed by atoms with E-state index in [-0.39, 0.29) is 0 Å². The Hall–Kier alpha value is -0.620. The van der Waals surface area contributed by atoms with Crippen LogP contribution >= 0.6 is 0 Å². The Bertz CT molecular complexity index is 282. The lowest BCUT2D eigenvalue weighted by molar-refractivity contribution is -0.147. The maximum absolute atomic E-state index is 11.1. The van der Waals surface area contributed by atoms with Gasteiger partial charge in [-0.25, -0.2) is 0 Å². The lowest BCUT2D eigenvalue weighted by atomic mass is 10.0. The number of hydrogen-bond donors (Lipinski definition) is 0. The van der Waals surface area contributed by atoms with Crippen LogP contribution in [0.3, 0.4) is 0 Å². The molecule has 0 aromatic heterocycles. The van der Waals surface area contributed by atoms with Crippen molar-refractivity contribution in [1.82, 2.24) is 0 Å². The first-order valence-electron chi connectivity index (χ1n) is 4.28. The highest BCUT2D eigenvalue weighted by Gasteiger charge is 2.27. The number of esters is 1.